The van der Waals surface area contributed by atoms with Crippen molar-refractivity contribution in [1.82, 2.24) is 0 Å². The minimum absolute atomic E-state index is 0. The molecule has 0 bridgehead atoms. The molecule has 0 atom stereocenters. The van der Waals surface area contributed by atoms with Crippen molar-refractivity contribution in [1.29, 1.82) is 0 Å². The van der Waals surface area contributed by atoms with Crippen molar-refractivity contribution in [2.75, 3.05) is 0 Å². The largest absolute Gasteiger partial charge is 4.00 e. The third-order valence-electron chi connectivity index (χ3n) is 5.62. The van der Waals surface area contributed by atoms with Gasteiger partial charge in [0.15, 0.2) is 0 Å². The van der Waals surface area contributed by atoms with Crippen LogP contribution >= 0.6 is 0 Å². The Morgan fingerprint density at radius 2 is 0.542 bits per heavy atom. The summed E-state index contributed by atoms with van der Waals surface area (Å²) in [4.78, 5) is 0. The summed E-state index contributed by atoms with van der Waals surface area (Å²) in [7, 11) is 0. The van der Waals surface area contributed by atoms with Gasteiger partial charge in [0.2, 0.25) is 0 Å². The van der Waals surface area contributed by atoms with E-state index in [1.165, 1.54) is 55.6 Å². The Morgan fingerprint density at radius 1 is 0.417 bits per heavy atom. The molecule has 0 aliphatic heterocycles. The molecule has 0 aliphatic rings. The van der Waals surface area contributed by atoms with Crippen LogP contribution in [0.5, 0.6) is 0 Å². The topological polar surface area (TPSA) is 0 Å². The van der Waals surface area contributed by atoms with E-state index in [-0.39, 0.29) is 77.4 Å². The molecule has 0 N–H and O–H groups in total. The van der Waals surface area contributed by atoms with Crippen LogP contribution in [0.2, 0.25) is 0 Å². The summed E-state index contributed by atoms with van der Waals surface area (Å²) in [6.45, 7) is 22.0. The first-order chi connectivity index (χ1) is 9.11. The number of halogens is 2. The summed E-state index contributed by atoms with van der Waals surface area (Å²) in [5, 5.41) is 0. The van der Waals surface area contributed by atoms with Crippen molar-refractivity contribution in [2.45, 2.75) is 69.2 Å². The first kappa shape index (κ1) is 32.7. The van der Waals surface area contributed by atoms with Gasteiger partial charge in [-0.15, -0.1) is 0 Å². The molecule has 0 spiro atoms. The molecule has 0 unspecified atom stereocenters. The quantitative estimate of drug-likeness (QED) is 0.333. The van der Waals surface area contributed by atoms with E-state index < -0.39 is 0 Å². The molecular formula is C20H30Br2Ti2+4. The molecule has 0 saturated heterocycles. The van der Waals surface area contributed by atoms with Gasteiger partial charge in [0.1, 0.15) is 0 Å². The second-order valence-electron chi connectivity index (χ2n) is 6.25. The van der Waals surface area contributed by atoms with Crippen molar-refractivity contribution in [3.63, 3.8) is 0 Å². The molecule has 128 valence electrons. The Balaban J connectivity index is -0.000000143. The van der Waals surface area contributed by atoms with E-state index >= 15 is 0 Å². The molecule has 0 saturated carbocycles. The average molecular weight is 526 g/mol. The maximum Gasteiger partial charge on any atom is 4.00 e. The standard InChI is InChI=1S/2C10H15.2BrH.2Ti/c2*1-6-7(2)9(4)10(5)8(6)3;;;;/h2*1-5H3;2*1H;;/q2*-1;;;2*+4/p-2. The molecule has 0 aromatic heterocycles. The van der Waals surface area contributed by atoms with Gasteiger partial charge < -0.3 is 34.0 Å². The van der Waals surface area contributed by atoms with Gasteiger partial charge in [0.25, 0.3) is 0 Å². The van der Waals surface area contributed by atoms with Crippen LogP contribution in [0.15, 0.2) is 0 Å². The Bertz CT molecular complexity index is 418. The van der Waals surface area contributed by atoms with Crippen LogP contribution in [0.3, 0.4) is 0 Å². The molecule has 0 fully saturated rings. The molecule has 2 aromatic carbocycles. The SMILES string of the molecule is Cc1c(C)c(C)[c-](C)c1C.Cc1c(C)c(C)[c-](C)c1C.[Br-].[Br-].[Ti+4].[Ti+4]. The van der Waals surface area contributed by atoms with Gasteiger partial charge in [-0.2, -0.15) is 55.6 Å². The minimum atomic E-state index is 0. The summed E-state index contributed by atoms with van der Waals surface area (Å²) < 4.78 is 0. The summed E-state index contributed by atoms with van der Waals surface area (Å²) in [6, 6.07) is 0. The van der Waals surface area contributed by atoms with E-state index in [4.69, 9.17) is 0 Å². The molecule has 0 nitrogen and oxygen atoms in total. The van der Waals surface area contributed by atoms with Gasteiger partial charge >= 0.3 is 43.4 Å². The van der Waals surface area contributed by atoms with Crippen molar-refractivity contribution in [3.8, 4) is 0 Å². The molecule has 24 heavy (non-hydrogen) atoms. The van der Waals surface area contributed by atoms with E-state index in [1.807, 2.05) is 0 Å². The van der Waals surface area contributed by atoms with E-state index in [2.05, 4.69) is 69.2 Å². The van der Waals surface area contributed by atoms with Crippen molar-refractivity contribution >= 4 is 0 Å². The Hall–Kier alpha value is 1.09. The van der Waals surface area contributed by atoms with Crippen molar-refractivity contribution in [2.24, 2.45) is 0 Å². The predicted octanol–water partition coefficient (Wildman–Crippen LogP) is -0.102. The Morgan fingerprint density at radius 3 is 0.583 bits per heavy atom. The van der Waals surface area contributed by atoms with Gasteiger partial charge in [-0.25, -0.2) is 0 Å². The fraction of sp³-hybridized carbons (Fsp3) is 0.500. The third kappa shape index (κ3) is 6.67. The van der Waals surface area contributed by atoms with E-state index in [9.17, 15) is 0 Å². The van der Waals surface area contributed by atoms with Crippen molar-refractivity contribution < 1.29 is 77.4 Å². The van der Waals surface area contributed by atoms with E-state index in [1.54, 1.807) is 0 Å². The zero-order chi connectivity index (χ0) is 15.8. The predicted molar refractivity (Wildman–Crippen MR) is 91.4 cm³/mol. The second-order valence-corrected chi connectivity index (χ2v) is 6.25. The van der Waals surface area contributed by atoms with Crippen LogP contribution in [0, 0.1) is 69.2 Å². The monoisotopic (exact) mass is 524 g/mol. The summed E-state index contributed by atoms with van der Waals surface area (Å²) in [5.41, 5.74) is 14.7. The molecule has 0 amide bonds. The van der Waals surface area contributed by atoms with Crippen LogP contribution in [-0.2, 0) is 43.4 Å². The van der Waals surface area contributed by atoms with Gasteiger partial charge in [-0.1, -0.05) is 69.2 Å². The van der Waals surface area contributed by atoms with Crippen LogP contribution in [0.4, 0.5) is 0 Å². The summed E-state index contributed by atoms with van der Waals surface area (Å²) in [5.74, 6) is 0. The fourth-order valence-corrected chi connectivity index (χ4v) is 2.81. The molecule has 4 heteroatoms. The van der Waals surface area contributed by atoms with Gasteiger partial charge in [-0.05, 0) is 0 Å². The van der Waals surface area contributed by atoms with Crippen molar-refractivity contribution in [3.05, 3.63) is 55.6 Å². The maximum atomic E-state index is 2.20. The summed E-state index contributed by atoms with van der Waals surface area (Å²) >= 11 is 0. The van der Waals surface area contributed by atoms with E-state index in [0.29, 0.717) is 0 Å². The first-order valence-electron chi connectivity index (χ1n) is 7.50. The Kier molecular flexibility index (Phi) is 18.1. The third-order valence-corrected chi connectivity index (χ3v) is 5.62. The van der Waals surface area contributed by atoms with Crippen LogP contribution in [0.1, 0.15) is 55.6 Å². The summed E-state index contributed by atoms with van der Waals surface area (Å²) in [6.07, 6.45) is 0. The minimum Gasteiger partial charge on any atom is -1.00 e. The number of hydrogen-bond donors (Lipinski definition) is 0. The zero-order valence-electron chi connectivity index (χ0n) is 16.8. The molecule has 0 heterocycles. The smallest absolute Gasteiger partial charge is 1.00 e. The molecule has 2 aromatic rings. The zero-order valence-corrected chi connectivity index (χ0v) is 23.1. The van der Waals surface area contributed by atoms with Gasteiger partial charge in [0.05, 0.1) is 0 Å². The normalized spacial score (nSPS) is 8.75. The fourth-order valence-electron chi connectivity index (χ4n) is 2.81. The number of hydrogen-bond acceptors (Lipinski definition) is 0. The first-order valence-corrected chi connectivity index (χ1v) is 7.50. The Labute approximate surface area is 200 Å². The second kappa shape index (κ2) is 13.3. The molecule has 0 aliphatic carbocycles. The molecular weight excluding hydrogens is 496 g/mol. The van der Waals surface area contributed by atoms with Crippen LogP contribution < -0.4 is 34.0 Å². The van der Waals surface area contributed by atoms with Crippen LogP contribution in [0.25, 0.3) is 0 Å². The average Bonchev–Trinajstić information content (AvgIpc) is 2.71. The van der Waals surface area contributed by atoms with Crippen LogP contribution in [-0.4, -0.2) is 0 Å². The number of rotatable bonds is 0. The van der Waals surface area contributed by atoms with Gasteiger partial charge in [0, 0.05) is 0 Å². The maximum absolute atomic E-state index is 2.20. The van der Waals surface area contributed by atoms with E-state index in [0.717, 1.165) is 0 Å². The molecule has 0 radical (unpaired) electrons. The molecule has 2 rings (SSSR count). The van der Waals surface area contributed by atoms with Gasteiger partial charge in [-0.3, -0.25) is 0 Å².